The van der Waals surface area contributed by atoms with Crippen LogP contribution in [0.5, 0.6) is 0 Å². The van der Waals surface area contributed by atoms with Gasteiger partial charge in [-0.3, -0.25) is 9.69 Å². The van der Waals surface area contributed by atoms with Gasteiger partial charge in [0, 0.05) is 55.2 Å². The van der Waals surface area contributed by atoms with Crippen molar-refractivity contribution in [1.29, 1.82) is 0 Å². The summed E-state index contributed by atoms with van der Waals surface area (Å²) in [5.74, 6) is 0.814. The maximum atomic E-state index is 13.2. The number of likely N-dealkylation sites (tertiary alicyclic amines) is 1. The van der Waals surface area contributed by atoms with Crippen LogP contribution < -0.4 is 0 Å². The van der Waals surface area contributed by atoms with E-state index in [0.29, 0.717) is 37.4 Å². The zero-order valence-corrected chi connectivity index (χ0v) is 20.3. The Hall–Kier alpha value is -2.35. The molecule has 0 bridgehead atoms. The van der Waals surface area contributed by atoms with Gasteiger partial charge in [0.15, 0.2) is 5.65 Å². The van der Waals surface area contributed by atoms with Crippen molar-refractivity contribution < 1.29 is 14.3 Å². The van der Waals surface area contributed by atoms with Crippen molar-refractivity contribution in [3.63, 3.8) is 0 Å². The van der Waals surface area contributed by atoms with E-state index in [9.17, 15) is 4.79 Å². The molecule has 7 heteroatoms. The summed E-state index contributed by atoms with van der Waals surface area (Å²) in [5.41, 5.74) is 3.14. The first-order chi connectivity index (χ1) is 16.7. The lowest BCUT2D eigenvalue weighted by molar-refractivity contribution is -0.127. The molecule has 1 saturated carbocycles. The lowest BCUT2D eigenvalue weighted by atomic mass is 9.71. The Morgan fingerprint density at radius 3 is 2.97 bits per heavy atom. The number of carbonyl (C=O) groups is 1. The fourth-order valence-corrected chi connectivity index (χ4v) is 6.21. The van der Waals surface area contributed by atoms with E-state index in [1.54, 1.807) is 7.11 Å². The third-order valence-corrected chi connectivity index (χ3v) is 7.86. The zero-order chi connectivity index (χ0) is 23.5. The van der Waals surface area contributed by atoms with Gasteiger partial charge in [0.2, 0.25) is 0 Å². The van der Waals surface area contributed by atoms with E-state index in [-0.39, 0.29) is 12.0 Å². The fourth-order valence-electron chi connectivity index (χ4n) is 6.21. The minimum Gasteiger partial charge on any atom is -0.382 e. The minimum atomic E-state index is 0.0656. The van der Waals surface area contributed by atoms with Gasteiger partial charge in [-0.15, -0.1) is 0 Å². The Bertz CT molecular complexity index is 1130. The minimum absolute atomic E-state index is 0.0656. The number of piperidine rings is 1. The van der Waals surface area contributed by atoms with Gasteiger partial charge >= 0.3 is 0 Å². The number of aromatic amines is 1. The van der Waals surface area contributed by atoms with Crippen molar-refractivity contribution in [2.24, 2.45) is 5.92 Å². The van der Waals surface area contributed by atoms with Crippen LogP contribution in [0.2, 0.25) is 0 Å². The average molecular weight is 465 g/mol. The summed E-state index contributed by atoms with van der Waals surface area (Å²) in [6, 6.07) is 4.56. The molecule has 7 nitrogen and oxygen atoms in total. The second kappa shape index (κ2) is 10.5. The summed E-state index contributed by atoms with van der Waals surface area (Å²) in [6.45, 7) is 5.25. The van der Waals surface area contributed by atoms with E-state index >= 15 is 0 Å². The summed E-state index contributed by atoms with van der Waals surface area (Å²) in [7, 11) is 1.71. The molecule has 0 spiro atoms. The summed E-state index contributed by atoms with van der Waals surface area (Å²) >= 11 is 0. The van der Waals surface area contributed by atoms with Crippen LogP contribution in [0.1, 0.15) is 56.9 Å². The number of methoxy groups -OCH3 is 1. The first-order valence-electron chi connectivity index (χ1n) is 12.8. The van der Waals surface area contributed by atoms with Crippen molar-refractivity contribution in [2.45, 2.75) is 63.5 Å². The SMILES string of the molecule is CCC(=O)C1CC(c2cc[nH]c3cnc4nccc4c23)CCC1N1CCCC(OCCOC)C1. The topological polar surface area (TPSA) is 80.3 Å². The first-order valence-corrected chi connectivity index (χ1v) is 12.8. The summed E-state index contributed by atoms with van der Waals surface area (Å²) in [6.07, 6.45) is 11.8. The number of carbonyl (C=O) groups excluding carboxylic acids is 1. The molecule has 2 fully saturated rings. The highest BCUT2D eigenvalue weighted by molar-refractivity contribution is 6.05. The van der Waals surface area contributed by atoms with Crippen LogP contribution in [-0.4, -0.2) is 71.2 Å². The average Bonchev–Trinajstić information content (AvgIpc) is 3.37. The number of rotatable bonds is 8. The predicted molar refractivity (Wildman–Crippen MR) is 133 cm³/mol. The van der Waals surface area contributed by atoms with Gasteiger partial charge in [0.05, 0.1) is 31.0 Å². The molecule has 1 aliphatic heterocycles. The van der Waals surface area contributed by atoms with E-state index in [4.69, 9.17) is 9.47 Å². The molecule has 0 amide bonds. The van der Waals surface area contributed by atoms with Crippen LogP contribution in [-0.2, 0) is 14.3 Å². The van der Waals surface area contributed by atoms with Crippen LogP contribution in [0.25, 0.3) is 21.9 Å². The molecule has 0 radical (unpaired) electrons. The molecular formula is C27H36N4O3. The molecule has 1 aliphatic carbocycles. The van der Waals surface area contributed by atoms with Crippen LogP contribution in [0, 0.1) is 5.92 Å². The molecule has 5 rings (SSSR count). The molecule has 182 valence electrons. The fraction of sp³-hybridized carbons (Fsp3) is 0.593. The number of ether oxygens (including phenoxy) is 2. The van der Waals surface area contributed by atoms with Gasteiger partial charge in [0.25, 0.3) is 0 Å². The third kappa shape index (κ3) is 4.61. The molecule has 3 aromatic rings. The molecule has 4 atom stereocenters. The van der Waals surface area contributed by atoms with E-state index < -0.39 is 0 Å². The van der Waals surface area contributed by atoms with Crippen LogP contribution >= 0.6 is 0 Å². The number of ketones is 1. The maximum Gasteiger partial charge on any atom is 0.159 e. The van der Waals surface area contributed by atoms with Gasteiger partial charge < -0.3 is 14.5 Å². The van der Waals surface area contributed by atoms with Crippen molar-refractivity contribution >= 4 is 27.7 Å². The van der Waals surface area contributed by atoms with Crippen molar-refractivity contribution in [3.8, 4) is 0 Å². The number of fused-ring (bicyclic) bond motifs is 3. The highest BCUT2D eigenvalue weighted by Gasteiger charge is 2.40. The standard InChI is InChI=1S/C27H36N4O3/c1-3-25(32)22-15-18(6-7-24(22)31-12-4-5-19(17-31)34-14-13-33-2)20-8-10-28-23-16-30-27-21(26(20)23)9-11-29-27/h8-11,16,18-19,22,24,28H,3-7,12-15,17H2,1-2H3. The highest BCUT2D eigenvalue weighted by Crippen LogP contribution is 2.43. The monoisotopic (exact) mass is 464 g/mol. The van der Waals surface area contributed by atoms with Crippen LogP contribution in [0.15, 0.2) is 30.7 Å². The first kappa shape index (κ1) is 23.4. The van der Waals surface area contributed by atoms with Gasteiger partial charge in [-0.25, -0.2) is 9.97 Å². The number of H-pyrrole nitrogens is 1. The molecule has 2 aliphatic rings. The number of hydrogen-bond acceptors (Lipinski definition) is 6. The van der Waals surface area contributed by atoms with Crippen molar-refractivity contribution in [2.75, 3.05) is 33.4 Å². The number of nitrogens with zero attached hydrogens (tertiary/aromatic N) is 3. The second-order valence-corrected chi connectivity index (χ2v) is 9.79. The Kier molecular flexibility index (Phi) is 7.23. The lowest BCUT2D eigenvalue weighted by Gasteiger charge is -2.45. The van der Waals surface area contributed by atoms with Gasteiger partial charge in [-0.05, 0) is 62.3 Å². The normalized spacial score (nSPS) is 26.3. The zero-order valence-electron chi connectivity index (χ0n) is 20.3. The highest BCUT2D eigenvalue weighted by atomic mass is 16.5. The molecule has 0 aromatic carbocycles. The Morgan fingerprint density at radius 2 is 2.12 bits per heavy atom. The maximum absolute atomic E-state index is 13.2. The van der Waals surface area contributed by atoms with Crippen molar-refractivity contribution in [3.05, 3.63) is 36.3 Å². The van der Waals surface area contributed by atoms with Gasteiger partial charge in [-0.2, -0.15) is 0 Å². The Morgan fingerprint density at radius 1 is 1.21 bits per heavy atom. The second-order valence-electron chi connectivity index (χ2n) is 9.79. The van der Waals surface area contributed by atoms with Crippen LogP contribution in [0.3, 0.4) is 0 Å². The predicted octanol–water partition coefficient (Wildman–Crippen LogP) is 4.47. The number of Topliss-reactive ketones (excluding diaryl/α,β-unsaturated/α-hetero) is 1. The van der Waals surface area contributed by atoms with Gasteiger partial charge in [0.1, 0.15) is 5.78 Å². The molecule has 1 N–H and O–H groups in total. The quantitative estimate of drug-likeness (QED) is 0.496. The number of hydrogen-bond donors (Lipinski definition) is 1. The lowest BCUT2D eigenvalue weighted by Crippen LogP contribution is -2.52. The molecule has 4 unspecified atom stereocenters. The largest absolute Gasteiger partial charge is 0.382 e. The van der Waals surface area contributed by atoms with E-state index in [1.807, 2.05) is 25.5 Å². The van der Waals surface area contributed by atoms with Gasteiger partial charge in [-0.1, -0.05) is 6.92 Å². The molecule has 4 heterocycles. The Labute approximate surface area is 201 Å². The van der Waals surface area contributed by atoms with Crippen LogP contribution in [0.4, 0.5) is 0 Å². The number of aromatic nitrogens is 3. The summed E-state index contributed by atoms with van der Waals surface area (Å²) in [4.78, 5) is 28.0. The summed E-state index contributed by atoms with van der Waals surface area (Å²) in [5, 5.41) is 2.30. The number of nitrogens with one attached hydrogen (secondary N) is 1. The third-order valence-electron chi connectivity index (χ3n) is 7.86. The van der Waals surface area contributed by atoms with E-state index in [2.05, 4.69) is 32.0 Å². The van der Waals surface area contributed by atoms with E-state index in [1.165, 1.54) is 10.9 Å². The molecule has 34 heavy (non-hydrogen) atoms. The molecule has 3 aromatic heterocycles. The smallest absolute Gasteiger partial charge is 0.159 e. The number of pyridine rings is 2. The van der Waals surface area contributed by atoms with Crippen molar-refractivity contribution in [1.82, 2.24) is 19.9 Å². The molecule has 1 saturated heterocycles. The molecular weight excluding hydrogens is 428 g/mol. The Balaban J connectivity index is 1.39. The van der Waals surface area contributed by atoms with E-state index in [0.717, 1.165) is 61.7 Å². The summed E-state index contributed by atoms with van der Waals surface area (Å²) < 4.78 is 11.2.